The van der Waals surface area contributed by atoms with E-state index in [4.69, 9.17) is 4.42 Å². The van der Waals surface area contributed by atoms with Crippen molar-refractivity contribution in [1.29, 1.82) is 0 Å². The summed E-state index contributed by atoms with van der Waals surface area (Å²) in [4.78, 5) is 22.8. The Kier molecular flexibility index (Phi) is 1.33. The molecule has 2 rings (SSSR count). The summed E-state index contributed by atoms with van der Waals surface area (Å²) in [6.07, 6.45) is 0. The monoisotopic (exact) mass is 178 g/mol. The lowest BCUT2D eigenvalue weighted by Crippen LogP contribution is -2.24. The van der Waals surface area contributed by atoms with Crippen LogP contribution in [0.5, 0.6) is 0 Å². The predicted molar refractivity (Wildman–Crippen MR) is 47.6 cm³/mol. The molecule has 0 saturated heterocycles. The van der Waals surface area contributed by atoms with Gasteiger partial charge in [-0.1, -0.05) is 20.8 Å². The van der Waals surface area contributed by atoms with E-state index in [9.17, 15) is 9.59 Å². The van der Waals surface area contributed by atoms with Crippen molar-refractivity contribution in [1.82, 2.24) is 0 Å². The molecular formula is C10H10O3. The molecule has 0 radical (unpaired) electrons. The smallest absolute Gasteiger partial charge is 0.228 e. The highest BCUT2D eigenvalue weighted by atomic mass is 16.4. The summed E-state index contributed by atoms with van der Waals surface area (Å²) < 4.78 is 4.81. The molecule has 3 heteroatoms. The maximum atomic E-state index is 11.6. The van der Waals surface area contributed by atoms with Crippen LogP contribution in [0.3, 0.4) is 0 Å². The lowest BCUT2D eigenvalue weighted by atomic mass is 9.87. The number of hydrogen-bond donors (Lipinski definition) is 0. The van der Waals surface area contributed by atoms with Gasteiger partial charge in [-0.05, 0) is 11.5 Å². The normalized spacial score (nSPS) is 12.8. The van der Waals surface area contributed by atoms with Crippen molar-refractivity contribution in [3.63, 3.8) is 0 Å². The van der Waals surface area contributed by atoms with Crippen LogP contribution in [0.4, 0.5) is 0 Å². The summed E-state index contributed by atoms with van der Waals surface area (Å²) in [5, 5.41) is 0. The maximum Gasteiger partial charge on any atom is 0.228 e. The van der Waals surface area contributed by atoms with Gasteiger partial charge >= 0.3 is 0 Å². The van der Waals surface area contributed by atoms with Gasteiger partial charge in [0.1, 0.15) is 0 Å². The van der Waals surface area contributed by atoms with Crippen LogP contribution < -0.4 is 10.9 Å². The summed E-state index contributed by atoms with van der Waals surface area (Å²) in [5.41, 5.74) is 0.405. The fourth-order valence-electron chi connectivity index (χ4n) is 1.33. The zero-order valence-corrected chi connectivity index (χ0v) is 7.80. The Morgan fingerprint density at radius 1 is 1.15 bits per heavy atom. The van der Waals surface area contributed by atoms with E-state index in [1.54, 1.807) is 0 Å². The minimum atomic E-state index is -0.294. The average molecular weight is 178 g/mol. The molecular weight excluding hydrogens is 168 g/mol. The topological polar surface area (TPSA) is 47.3 Å². The van der Waals surface area contributed by atoms with Crippen LogP contribution in [-0.4, -0.2) is 0 Å². The van der Waals surface area contributed by atoms with Gasteiger partial charge in [0, 0.05) is 5.56 Å². The van der Waals surface area contributed by atoms with Gasteiger partial charge in [-0.2, -0.15) is 0 Å². The highest BCUT2D eigenvalue weighted by Crippen LogP contribution is 2.18. The SMILES string of the molecule is CC(C)(C)c1cc(=O)c2oc=2c1=O. The second-order valence-electron chi connectivity index (χ2n) is 4.26. The molecule has 2 aliphatic rings. The van der Waals surface area contributed by atoms with E-state index in [1.165, 1.54) is 6.07 Å². The lowest BCUT2D eigenvalue weighted by Gasteiger charge is -2.15. The molecule has 1 heterocycles. The van der Waals surface area contributed by atoms with Crippen LogP contribution >= 0.6 is 0 Å². The molecule has 3 nitrogen and oxygen atoms in total. The quantitative estimate of drug-likeness (QED) is 0.602. The minimum absolute atomic E-state index is 0.137. The van der Waals surface area contributed by atoms with Crippen LogP contribution in [0, 0.1) is 10.8 Å². The second-order valence-corrected chi connectivity index (χ2v) is 4.26. The Balaban J connectivity index is 2.87. The maximum absolute atomic E-state index is 11.6. The third-order valence-electron chi connectivity index (χ3n) is 2.13. The molecule has 0 N–H and O–H groups in total. The summed E-state index contributed by atoms with van der Waals surface area (Å²) in [6, 6.07) is 1.38. The van der Waals surface area contributed by atoms with E-state index in [1.807, 2.05) is 20.8 Å². The Morgan fingerprint density at radius 3 is 2.31 bits per heavy atom. The van der Waals surface area contributed by atoms with Crippen molar-refractivity contribution in [2.24, 2.45) is 0 Å². The Hall–Kier alpha value is -1.38. The molecule has 0 aromatic rings. The highest BCUT2D eigenvalue weighted by molar-refractivity contribution is 5.24. The first-order valence-electron chi connectivity index (χ1n) is 4.14. The van der Waals surface area contributed by atoms with E-state index in [2.05, 4.69) is 0 Å². The average Bonchev–Trinajstić information content (AvgIpc) is 2.73. The molecule has 0 amide bonds. The standard InChI is InChI=1S/C10H10O3/c1-10(2,3)5-4-6(11)8-9(13-8)7(5)12/h4H,1-3H3. The van der Waals surface area contributed by atoms with Crippen LogP contribution in [0.25, 0.3) is 0 Å². The van der Waals surface area contributed by atoms with Crippen molar-refractivity contribution in [2.45, 2.75) is 26.2 Å². The van der Waals surface area contributed by atoms with E-state index in [0.29, 0.717) is 5.56 Å². The third kappa shape index (κ3) is 1.11. The largest absolute Gasteiger partial charge is 0.441 e. The summed E-state index contributed by atoms with van der Waals surface area (Å²) in [6.45, 7) is 5.70. The molecule has 1 aliphatic carbocycles. The van der Waals surface area contributed by atoms with Crippen LogP contribution in [0.15, 0.2) is 20.1 Å². The first-order chi connectivity index (χ1) is 5.91. The van der Waals surface area contributed by atoms with Gasteiger partial charge in [0.05, 0.1) is 0 Å². The first-order valence-corrected chi connectivity index (χ1v) is 4.14. The van der Waals surface area contributed by atoms with Gasteiger partial charge in [-0.15, -0.1) is 0 Å². The molecule has 0 saturated carbocycles. The van der Waals surface area contributed by atoms with E-state index < -0.39 is 0 Å². The summed E-state index contributed by atoms with van der Waals surface area (Å²) in [7, 11) is 0. The van der Waals surface area contributed by atoms with Gasteiger partial charge in [0.2, 0.25) is 21.7 Å². The third-order valence-corrected chi connectivity index (χ3v) is 2.13. The summed E-state index contributed by atoms with van der Waals surface area (Å²) in [5.74, 6) is 0. The number of hydrogen-bond acceptors (Lipinski definition) is 3. The van der Waals surface area contributed by atoms with E-state index >= 15 is 0 Å². The molecule has 0 unspecified atom stereocenters. The molecule has 13 heavy (non-hydrogen) atoms. The lowest BCUT2D eigenvalue weighted by molar-refractivity contribution is 0.581. The van der Waals surface area contributed by atoms with Crippen LogP contribution in [-0.2, 0) is 5.41 Å². The molecule has 1 aliphatic heterocycles. The Labute approximate surface area is 74.3 Å². The van der Waals surface area contributed by atoms with Gasteiger partial charge < -0.3 is 4.42 Å². The molecule has 0 bridgehead atoms. The van der Waals surface area contributed by atoms with Gasteiger partial charge in [0.15, 0.2) is 0 Å². The van der Waals surface area contributed by atoms with E-state index in [0.717, 1.165) is 0 Å². The highest BCUT2D eigenvalue weighted by Gasteiger charge is 2.23. The van der Waals surface area contributed by atoms with Crippen molar-refractivity contribution in [2.75, 3.05) is 0 Å². The Bertz CT molecular complexity index is 573. The molecule has 68 valence electrons. The van der Waals surface area contributed by atoms with E-state index in [-0.39, 0.29) is 27.1 Å². The van der Waals surface area contributed by atoms with Gasteiger partial charge in [-0.3, -0.25) is 9.59 Å². The predicted octanol–water partition coefficient (Wildman–Crippen LogP) is 0.898. The zero-order chi connectivity index (χ0) is 9.80. The van der Waals surface area contributed by atoms with Gasteiger partial charge in [0.25, 0.3) is 0 Å². The second kappa shape index (κ2) is 2.10. The molecule has 0 aromatic heterocycles. The van der Waals surface area contributed by atoms with Crippen molar-refractivity contribution >= 4 is 0 Å². The first kappa shape index (κ1) is 8.23. The minimum Gasteiger partial charge on any atom is -0.441 e. The fourth-order valence-corrected chi connectivity index (χ4v) is 1.33. The van der Waals surface area contributed by atoms with Crippen LogP contribution in [0.1, 0.15) is 26.3 Å². The molecule has 0 fully saturated rings. The van der Waals surface area contributed by atoms with Crippen molar-refractivity contribution in [3.05, 3.63) is 42.9 Å². The van der Waals surface area contributed by atoms with Crippen LogP contribution in [0.2, 0.25) is 0 Å². The van der Waals surface area contributed by atoms with Crippen molar-refractivity contribution < 1.29 is 4.42 Å². The van der Waals surface area contributed by atoms with Gasteiger partial charge in [-0.25, -0.2) is 0 Å². The fraction of sp³-hybridized carbons (Fsp3) is 0.400. The molecule has 0 atom stereocenters. The molecule has 0 spiro atoms. The molecule has 0 aromatic carbocycles. The van der Waals surface area contributed by atoms with Crippen molar-refractivity contribution in [3.8, 4) is 0 Å². The number of rotatable bonds is 0. The zero-order valence-electron chi connectivity index (χ0n) is 7.80. The summed E-state index contributed by atoms with van der Waals surface area (Å²) >= 11 is 0. The Morgan fingerprint density at radius 2 is 1.77 bits per heavy atom.